The zero-order chi connectivity index (χ0) is 14.5. The molecule has 100 valence electrons. The van der Waals surface area contributed by atoms with Crippen molar-refractivity contribution in [1.29, 1.82) is 5.26 Å². The number of aromatic nitrogens is 3. The van der Waals surface area contributed by atoms with Gasteiger partial charge < -0.3 is 0 Å². The fourth-order valence-electron chi connectivity index (χ4n) is 1.99. The second-order valence-electron chi connectivity index (χ2n) is 4.44. The van der Waals surface area contributed by atoms with E-state index in [9.17, 15) is 5.26 Å². The maximum atomic E-state index is 9.28. The minimum absolute atomic E-state index is 0.517. The number of para-hydroxylation sites is 1. The SMILES string of the molecule is N#CC(=Cc1cnn(-c2ccccc2)c1)c1ccccn1. The Hall–Kier alpha value is -3.19. The van der Waals surface area contributed by atoms with Crippen molar-refractivity contribution in [2.75, 3.05) is 0 Å². The quantitative estimate of drug-likeness (QED) is 0.687. The molecule has 0 aliphatic heterocycles. The molecule has 2 aromatic heterocycles. The third-order valence-corrected chi connectivity index (χ3v) is 3.00. The van der Waals surface area contributed by atoms with E-state index in [0.29, 0.717) is 11.3 Å². The van der Waals surface area contributed by atoms with Gasteiger partial charge in [0.15, 0.2) is 0 Å². The van der Waals surface area contributed by atoms with Gasteiger partial charge >= 0.3 is 0 Å². The summed E-state index contributed by atoms with van der Waals surface area (Å²) in [5.74, 6) is 0. The van der Waals surface area contributed by atoms with Crippen LogP contribution in [0.2, 0.25) is 0 Å². The molecule has 0 spiro atoms. The second kappa shape index (κ2) is 5.85. The number of benzene rings is 1. The minimum atomic E-state index is 0.517. The van der Waals surface area contributed by atoms with Crippen molar-refractivity contribution in [2.24, 2.45) is 0 Å². The van der Waals surface area contributed by atoms with Crippen LogP contribution in [-0.4, -0.2) is 14.8 Å². The van der Waals surface area contributed by atoms with Crippen LogP contribution in [0.25, 0.3) is 17.3 Å². The highest BCUT2D eigenvalue weighted by Crippen LogP contribution is 2.16. The summed E-state index contributed by atoms with van der Waals surface area (Å²) in [6, 6.07) is 17.5. The van der Waals surface area contributed by atoms with E-state index in [-0.39, 0.29) is 0 Å². The van der Waals surface area contributed by atoms with E-state index >= 15 is 0 Å². The van der Waals surface area contributed by atoms with Crippen molar-refractivity contribution in [2.45, 2.75) is 0 Å². The Bertz CT molecular complexity index is 796. The molecule has 0 saturated heterocycles. The van der Waals surface area contributed by atoms with Crippen LogP contribution in [0.4, 0.5) is 0 Å². The zero-order valence-corrected chi connectivity index (χ0v) is 11.2. The van der Waals surface area contributed by atoms with E-state index in [0.717, 1.165) is 11.3 Å². The summed E-state index contributed by atoms with van der Waals surface area (Å²) in [4.78, 5) is 4.19. The van der Waals surface area contributed by atoms with Gasteiger partial charge in [-0.3, -0.25) is 4.98 Å². The molecule has 0 aliphatic rings. The van der Waals surface area contributed by atoms with Crippen molar-refractivity contribution in [3.05, 3.63) is 78.4 Å². The molecule has 4 heteroatoms. The molecule has 4 nitrogen and oxygen atoms in total. The van der Waals surface area contributed by atoms with Crippen LogP contribution in [-0.2, 0) is 0 Å². The lowest BCUT2D eigenvalue weighted by molar-refractivity contribution is 0.880. The summed E-state index contributed by atoms with van der Waals surface area (Å²) in [6.07, 6.45) is 7.07. The molecule has 0 saturated carbocycles. The highest BCUT2D eigenvalue weighted by Gasteiger charge is 2.04. The van der Waals surface area contributed by atoms with Gasteiger partial charge in [-0.2, -0.15) is 10.4 Å². The minimum Gasteiger partial charge on any atom is -0.256 e. The molecule has 21 heavy (non-hydrogen) atoms. The van der Waals surface area contributed by atoms with Gasteiger partial charge in [0.05, 0.1) is 23.2 Å². The Morgan fingerprint density at radius 2 is 1.90 bits per heavy atom. The fourth-order valence-corrected chi connectivity index (χ4v) is 1.99. The van der Waals surface area contributed by atoms with Gasteiger partial charge in [-0.25, -0.2) is 4.68 Å². The maximum Gasteiger partial charge on any atom is 0.101 e. The van der Waals surface area contributed by atoms with E-state index in [1.807, 2.05) is 54.7 Å². The molecule has 0 radical (unpaired) electrons. The first-order valence-electron chi connectivity index (χ1n) is 6.50. The molecule has 0 unspecified atom stereocenters. The average molecular weight is 272 g/mol. The highest BCUT2D eigenvalue weighted by atomic mass is 15.3. The maximum absolute atomic E-state index is 9.28. The largest absolute Gasteiger partial charge is 0.256 e. The normalized spacial score (nSPS) is 11.1. The predicted octanol–water partition coefficient (Wildman–Crippen LogP) is 3.33. The molecular formula is C17H12N4. The molecule has 3 rings (SSSR count). The molecule has 2 heterocycles. The molecule has 3 aromatic rings. The standard InChI is InChI=1S/C17H12N4/c18-11-15(17-8-4-5-9-19-17)10-14-12-20-21(13-14)16-6-2-1-3-7-16/h1-10,12-13H. The first-order chi connectivity index (χ1) is 10.4. The molecule has 0 amide bonds. The molecule has 0 aliphatic carbocycles. The highest BCUT2D eigenvalue weighted by molar-refractivity contribution is 5.87. The summed E-state index contributed by atoms with van der Waals surface area (Å²) in [7, 11) is 0. The zero-order valence-electron chi connectivity index (χ0n) is 11.2. The van der Waals surface area contributed by atoms with Gasteiger partial charge in [0.2, 0.25) is 0 Å². The predicted molar refractivity (Wildman–Crippen MR) is 81.3 cm³/mol. The number of nitrogens with zero attached hydrogens (tertiary/aromatic N) is 4. The van der Waals surface area contributed by atoms with Gasteiger partial charge in [-0.1, -0.05) is 24.3 Å². The third-order valence-electron chi connectivity index (χ3n) is 3.00. The Balaban J connectivity index is 1.93. The summed E-state index contributed by atoms with van der Waals surface area (Å²) in [5.41, 5.74) is 3.02. The number of allylic oxidation sites excluding steroid dienone is 1. The van der Waals surface area contributed by atoms with E-state index in [2.05, 4.69) is 16.2 Å². The Kier molecular flexibility index (Phi) is 3.57. The molecule has 0 atom stereocenters. The van der Waals surface area contributed by atoms with Crippen LogP contribution in [0.15, 0.2) is 67.1 Å². The van der Waals surface area contributed by atoms with Gasteiger partial charge in [-0.15, -0.1) is 0 Å². The molecule has 0 N–H and O–H groups in total. The van der Waals surface area contributed by atoms with Gasteiger partial charge in [0, 0.05) is 18.0 Å². The second-order valence-corrected chi connectivity index (χ2v) is 4.44. The van der Waals surface area contributed by atoms with Crippen molar-refractivity contribution < 1.29 is 0 Å². The van der Waals surface area contributed by atoms with E-state index < -0.39 is 0 Å². The van der Waals surface area contributed by atoms with Crippen LogP contribution in [0.3, 0.4) is 0 Å². The van der Waals surface area contributed by atoms with Crippen LogP contribution >= 0.6 is 0 Å². The van der Waals surface area contributed by atoms with Crippen LogP contribution < -0.4 is 0 Å². The fraction of sp³-hybridized carbons (Fsp3) is 0. The van der Waals surface area contributed by atoms with Crippen molar-refractivity contribution >= 4 is 11.6 Å². The average Bonchev–Trinajstić information content (AvgIpc) is 3.03. The molecule has 1 aromatic carbocycles. The van der Waals surface area contributed by atoms with Crippen molar-refractivity contribution in [3.8, 4) is 11.8 Å². The topological polar surface area (TPSA) is 54.5 Å². The summed E-state index contributed by atoms with van der Waals surface area (Å²) in [6.45, 7) is 0. The number of hydrogen-bond donors (Lipinski definition) is 0. The summed E-state index contributed by atoms with van der Waals surface area (Å²) >= 11 is 0. The van der Waals surface area contributed by atoms with Crippen LogP contribution in [0.1, 0.15) is 11.3 Å². The number of nitriles is 1. The Morgan fingerprint density at radius 3 is 2.62 bits per heavy atom. The third kappa shape index (κ3) is 2.88. The monoisotopic (exact) mass is 272 g/mol. The molecule has 0 bridgehead atoms. The number of rotatable bonds is 3. The lowest BCUT2D eigenvalue weighted by Crippen LogP contribution is -1.92. The number of hydrogen-bond acceptors (Lipinski definition) is 3. The molecule has 0 fully saturated rings. The van der Waals surface area contributed by atoms with Gasteiger partial charge in [0.1, 0.15) is 6.07 Å². The van der Waals surface area contributed by atoms with E-state index in [1.165, 1.54) is 0 Å². The Morgan fingerprint density at radius 1 is 1.10 bits per heavy atom. The van der Waals surface area contributed by atoms with E-state index in [1.54, 1.807) is 23.2 Å². The lowest BCUT2D eigenvalue weighted by atomic mass is 10.1. The smallest absolute Gasteiger partial charge is 0.101 e. The summed E-state index contributed by atoms with van der Waals surface area (Å²) < 4.78 is 1.78. The van der Waals surface area contributed by atoms with Gasteiger partial charge in [-0.05, 0) is 30.3 Å². The summed E-state index contributed by atoms with van der Waals surface area (Å²) in [5, 5.41) is 13.6. The van der Waals surface area contributed by atoms with Crippen LogP contribution in [0, 0.1) is 11.3 Å². The first kappa shape index (κ1) is 12.8. The van der Waals surface area contributed by atoms with Gasteiger partial charge in [0.25, 0.3) is 0 Å². The van der Waals surface area contributed by atoms with Crippen LogP contribution in [0.5, 0.6) is 0 Å². The Labute approximate surface area is 122 Å². The van der Waals surface area contributed by atoms with E-state index in [4.69, 9.17) is 0 Å². The first-order valence-corrected chi connectivity index (χ1v) is 6.50. The lowest BCUT2D eigenvalue weighted by Gasteiger charge is -1.98. The van der Waals surface area contributed by atoms with Crippen molar-refractivity contribution in [3.63, 3.8) is 0 Å². The van der Waals surface area contributed by atoms with Crippen molar-refractivity contribution in [1.82, 2.24) is 14.8 Å². The number of pyridine rings is 1. The molecular weight excluding hydrogens is 260 g/mol.